The molecule has 0 radical (unpaired) electrons. The largest absolute Gasteiger partial charge is 0.365 e. The summed E-state index contributed by atoms with van der Waals surface area (Å²) in [5, 5.41) is 10.5. The number of nitrogens with zero attached hydrogens (tertiary/aromatic N) is 4. The molecule has 0 aromatic carbocycles. The van der Waals surface area contributed by atoms with Gasteiger partial charge in [0.2, 0.25) is 0 Å². The molecular formula is C11H11N5S. The molecule has 0 aliphatic carbocycles. The van der Waals surface area contributed by atoms with Gasteiger partial charge in [0.1, 0.15) is 17.0 Å². The minimum absolute atomic E-state index is 0.718. The summed E-state index contributed by atoms with van der Waals surface area (Å²) in [5.41, 5.74) is 1.13. The number of thiophene rings is 1. The van der Waals surface area contributed by atoms with E-state index in [2.05, 4.69) is 20.4 Å². The van der Waals surface area contributed by atoms with Crippen molar-refractivity contribution in [3.05, 3.63) is 35.7 Å². The van der Waals surface area contributed by atoms with Crippen molar-refractivity contribution in [2.24, 2.45) is 7.05 Å². The number of anilines is 1. The Hall–Kier alpha value is -1.95. The zero-order valence-corrected chi connectivity index (χ0v) is 10.1. The second-order valence-electron chi connectivity index (χ2n) is 3.74. The smallest absolute Gasteiger partial charge is 0.138 e. The van der Waals surface area contributed by atoms with Gasteiger partial charge in [-0.05, 0) is 11.4 Å². The normalized spacial score (nSPS) is 10.9. The van der Waals surface area contributed by atoms with Crippen LogP contribution in [0.4, 0.5) is 5.82 Å². The van der Waals surface area contributed by atoms with Gasteiger partial charge in [-0.25, -0.2) is 9.97 Å². The van der Waals surface area contributed by atoms with Gasteiger partial charge in [0.05, 0.1) is 11.6 Å². The third kappa shape index (κ3) is 1.99. The van der Waals surface area contributed by atoms with E-state index in [0.717, 1.165) is 28.1 Å². The first kappa shape index (κ1) is 10.2. The molecule has 86 valence electrons. The van der Waals surface area contributed by atoms with Gasteiger partial charge >= 0.3 is 0 Å². The van der Waals surface area contributed by atoms with Crippen molar-refractivity contribution >= 4 is 27.4 Å². The van der Waals surface area contributed by atoms with E-state index in [4.69, 9.17) is 0 Å². The van der Waals surface area contributed by atoms with Gasteiger partial charge in [-0.2, -0.15) is 5.10 Å². The molecule has 0 spiro atoms. The number of hydrogen-bond donors (Lipinski definition) is 1. The summed E-state index contributed by atoms with van der Waals surface area (Å²) in [6.45, 7) is 0.718. The molecule has 0 amide bonds. The summed E-state index contributed by atoms with van der Waals surface area (Å²) >= 11 is 1.62. The van der Waals surface area contributed by atoms with Crippen molar-refractivity contribution in [1.82, 2.24) is 19.7 Å². The van der Waals surface area contributed by atoms with Crippen LogP contribution in [0.3, 0.4) is 0 Å². The van der Waals surface area contributed by atoms with Crippen LogP contribution in [0.1, 0.15) is 5.56 Å². The average Bonchev–Trinajstić information content (AvgIpc) is 2.94. The maximum Gasteiger partial charge on any atom is 0.138 e. The first-order valence-corrected chi connectivity index (χ1v) is 6.10. The Kier molecular flexibility index (Phi) is 2.49. The van der Waals surface area contributed by atoms with Gasteiger partial charge in [0.25, 0.3) is 0 Å². The van der Waals surface area contributed by atoms with Crippen LogP contribution in [-0.4, -0.2) is 19.7 Å². The fourth-order valence-corrected chi connectivity index (χ4v) is 2.41. The third-order valence-electron chi connectivity index (χ3n) is 2.48. The lowest BCUT2D eigenvalue weighted by molar-refractivity contribution is 0.767. The molecule has 0 fully saturated rings. The summed E-state index contributed by atoms with van der Waals surface area (Å²) in [6.07, 6.45) is 5.42. The molecule has 0 unspecified atom stereocenters. The maximum absolute atomic E-state index is 4.26. The van der Waals surface area contributed by atoms with Crippen molar-refractivity contribution in [2.75, 3.05) is 5.32 Å². The van der Waals surface area contributed by atoms with Crippen LogP contribution in [0, 0.1) is 0 Å². The van der Waals surface area contributed by atoms with E-state index in [0.29, 0.717) is 0 Å². The van der Waals surface area contributed by atoms with Gasteiger partial charge in [-0.1, -0.05) is 0 Å². The first-order valence-electron chi connectivity index (χ1n) is 5.22. The molecule has 0 aliphatic heterocycles. The van der Waals surface area contributed by atoms with Crippen LogP contribution >= 0.6 is 11.3 Å². The SMILES string of the molecule is Cn1cc(CNc2ncnc3sccc23)cn1. The van der Waals surface area contributed by atoms with Crippen molar-refractivity contribution in [2.45, 2.75) is 6.54 Å². The van der Waals surface area contributed by atoms with E-state index >= 15 is 0 Å². The number of hydrogen-bond acceptors (Lipinski definition) is 5. The Labute approximate surface area is 102 Å². The lowest BCUT2D eigenvalue weighted by atomic mass is 10.3. The molecule has 1 N–H and O–H groups in total. The average molecular weight is 245 g/mol. The second-order valence-corrected chi connectivity index (χ2v) is 4.63. The summed E-state index contributed by atoms with van der Waals surface area (Å²) < 4.78 is 1.79. The molecule has 0 bridgehead atoms. The Morgan fingerprint density at radius 1 is 1.41 bits per heavy atom. The number of fused-ring (bicyclic) bond motifs is 1. The molecule has 3 rings (SSSR count). The van der Waals surface area contributed by atoms with E-state index in [-0.39, 0.29) is 0 Å². The van der Waals surface area contributed by atoms with E-state index < -0.39 is 0 Å². The van der Waals surface area contributed by atoms with Crippen LogP contribution in [0.15, 0.2) is 30.2 Å². The zero-order chi connectivity index (χ0) is 11.7. The fourth-order valence-electron chi connectivity index (χ4n) is 1.68. The highest BCUT2D eigenvalue weighted by Gasteiger charge is 2.04. The van der Waals surface area contributed by atoms with Crippen LogP contribution < -0.4 is 5.32 Å². The molecule has 3 heterocycles. The monoisotopic (exact) mass is 245 g/mol. The van der Waals surface area contributed by atoms with Gasteiger partial charge in [-0.15, -0.1) is 11.3 Å². The minimum atomic E-state index is 0.718. The van der Waals surface area contributed by atoms with Gasteiger partial charge in [0.15, 0.2) is 0 Å². The molecule has 0 aliphatic rings. The summed E-state index contributed by atoms with van der Waals surface area (Å²) in [4.78, 5) is 9.48. The third-order valence-corrected chi connectivity index (χ3v) is 3.30. The molecular weight excluding hydrogens is 234 g/mol. The predicted octanol–water partition coefficient (Wildman–Crippen LogP) is 2.04. The number of rotatable bonds is 3. The molecule has 0 saturated heterocycles. The van der Waals surface area contributed by atoms with Crippen molar-refractivity contribution in [3.8, 4) is 0 Å². The van der Waals surface area contributed by atoms with E-state index in [9.17, 15) is 0 Å². The van der Waals surface area contributed by atoms with E-state index in [1.165, 1.54) is 0 Å². The lowest BCUT2D eigenvalue weighted by Gasteiger charge is -2.04. The zero-order valence-electron chi connectivity index (χ0n) is 9.29. The van der Waals surface area contributed by atoms with Crippen LogP contribution in [0.25, 0.3) is 10.2 Å². The van der Waals surface area contributed by atoms with E-state index in [1.807, 2.05) is 30.9 Å². The van der Waals surface area contributed by atoms with Crippen LogP contribution in [0.2, 0.25) is 0 Å². The maximum atomic E-state index is 4.26. The van der Waals surface area contributed by atoms with Crippen LogP contribution in [0.5, 0.6) is 0 Å². The number of aryl methyl sites for hydroxylation is 1. The molecule has 0 atom stereocenters. The van der Waals surface area contributed by atoms with Crippen LogP contribution in [-0.2, 0) is 13.6 Å². The Morgan fingerprint density at radius 3 is 3.18 bits per heavy atom. The van der Waals surface area contributed by atoms with Crippen molar-refractivity contribution in [3.63, 3.8) is 0 Å². The molecule has 6 heteroatoms. The predicted molar refractivity (Wildman–Crippen MR) is 67.9 cm³/mol. The first-order chi connectivity index (χ1) is 8.33. The molecule has 5 nitrogen and oxygen atoms in total. The summed E-state index contributed by atoms with van der Waals surface area (Å²) in [5.74, 6) is 0.875. The quantitative estimate of drug-likeness (QED) is 0.767. The van der Waals surface area contributed by atoms with Crippen molar-refractivity contribution < 1.29 is 0 Å². The van der Waals surface area contributed by atoms with Crippen molar-refractivity contribution in [1.29, 1.82) is 0 Å². The number of nitrogens with one attached hydrogen (secondary N) is 1. The molecule has 0 saturated carbocycles. The fraction of sp³-hybridized carbons (Fsp3) is 0.182. The summed E-state index contributed by atoms with van der Waals surface area (Å²) in [6, 6.07) is 2.03. The topological polar surface area (TPSA) is 55.6 Å². The standard InChI is InChI=1S/C11H11N5S/c1-16-6-8(5-15-16)4-12-10-9-2-3-17-11(9)14-7-13-10/h2-3,5-7H,4H2,1H3,(H,12,13,14). The van der Waals surface area contributed by atoms with Gasteiger partial charge in [0, 0.05) is 25.4 Å². The highest BCUT2D eigenvalue weighted by Crippen LogP contribution is 2.23. The number of aromatic nitrogens is 4. The second kappa shape index (κ2) is 4.14. The highest BCUT2D eigenvalue weighted by atomic mass is 32.1. The summed E-state index contributed by atoms with van der Waals surface area (Å²) in [7, 11) is 1.91. The minimum Gasteiger partial charge on any atom is -0.365 e. The van der Waals surface area contributed by atoms with Gasteiger partial charge in [-0.3, -0.25) is 4.68 Å². The Bertz CT molecular complexity index is 642. The van der Waals surface area contributed by atoms with E-state index in [1.54, 1.807) is 22.3 Å². The Balaban J connectivity index is 1.83. The molecule has 3 aromatic rings. The lowest BCUT2D eigenvalue weighted by Crippen LogP contribution is -2.01. The van der Waals surface area contributed by atoms with Gasteiger partial charge < -0.3 is 5.32 Å². The highest BCUT2D eigenvalue weighted by molar-refractivity contribution is 7.16. The molecule has 17 heavy (non-hydrogen) atoms. The molecule has 3 aromatic heterocycles. The Morgan fingerprint density at radius 2 is 2.35 bits per heavy atom.